The van der Waals surface area contributed by atoms with Crippen LogP contribution in [0.5, 0.6) is 0 Å². The smallest absolute Gasteiger partial charge is 0.353 e. The number of nitrogens with two attached hydrogens (primary N) is 1. The van der Waals surface area contributed by atoms with E-state index in [1.807, 2.05) is 25.1 Å². The van der Waals surface area contributed by atoms with Gasteiger partial charge in [-0.2, -0.15) is 0 Å². The Morgan fingerprint density at radius 2 is 2.21 bits per heavy atom. The highest BCUT2D eigenvalue weighted by atomic mass is 16.6. The monoisotopic (exact) mass is 259 g/mol. The summed E-state index contributed by atoms with van der Waals surface area (Å²) in [6, 6.07) is 7.56. The van der Waals surface area contributed by atoms with Crippen LogP contribution in [-0.2, 0) is 6.42 Å². The third-order valence-electron chi connectivity index (χ3n) is 2.63. The molecule has 1 heterocycles. The van der Waals surface area contributed by atoms with E-state index in [2.05, 4.69) is 15.3 Å². The molecule has 7 nitrogen and oxygen atoms in total. The molecule has 0 radical (unpaired) electrons. The van der Waals surface area contributed by atoms with Crippen molar-refractivity contribution >= 4 is 23.0 Å². The molecule has 0 unspecified atom stereocenters. The Balaban J connectivity index is 2.38. The Hall–Kier alpha value is -2.70. The van der Waals surface area contributed by atoms with Crippen LogP contribution in [0.1, 0.15) is 12.5 Å². The van der Waals surface area contributed by atoms with E-state index < -0.39 is 4.92 Å². The first-order valence-corrected chi connectivity index (χ1v) is 5.72. The molecule has 2 rings (SSSR count). The normalized spacial score (nSPS) is 10.2. The molecule has 0 atom stereocenters. The highest BCUT2D eigenvalue weighted by molar-refractivity contribution is 5.72. The summed E-state index contributed by atoms with van der Waals surface area (Å²) in [6.45, 7) is 2.03. The second-order valence-corrected chi connectivity index (χ2v) is 3.89. The molecule has 0 fully saturated rings. The summed E-state index contributed by atoms with van der Waals surface area (Å²) in [5, 5.41) is 13.9. The van der Waals surface area contributed by atoms with Gasteiger partial charge in [0.25, 0.3) is 0 Å². The predicted octanol–water partition coefficient (Wildman–Crippen LogP) is 2.27. The first-order chi connectivity index (χ1) is 9.11. The molecule has 0 aliphatic rings. The van der Waals surface area contributed by atoms with Crippen LogP contribution < -0.4 is 11.1 Å². The van der Waals surface area contributed by atoms with Crippen molar-refractivity contribution in [2.45, 2.75) is 13.3 Å². The second-order valence-electron chi connectivity index (χ2n) is 3.89. The molecule has 0 aliphatic carbocycles. The zero-order chi connectivity index (χ0) is 13.8. The molecule has 7 heteroatoms. The van der Waals surface area contributed by atoms with Crippen LogP contribution >= 0.6 is 0 Å². The number of anilines is 3. The van der Waals surface area contributed by atoms with E-state index >= 15 is 0 Å². The van der Waals surface area contributed by atoms with Gasteiger partial charge in [-0.25, -0.2) is 9.97 Å². The maximum Gasteiger partial charge on any atom is 0.353 e. The summed E-state index contributed by atoms with van der Waals surface area (Å²) in [7, 11) is 0. The third kappa shape index (κ3) is 2.76. The van der Waals surface area contributed by atoms with Crippen LogP contribution in [0.2, 0.25) is 0 Å². The minimum atomic E-state index is -0.596. The highest BCUT2D eigenvalue weighted by Gasteiger charge is 2.20. The van der Waals surface area contributed by atoms with E-state index in [1.165, 1.54) is 6.33 Å². The minimum absolute atomic E-state index is 0.0887. The molecule has 0 amide bonds. The van der Waals surface area contributed by atoms with E-state index in [0.717, 1.165) is 17.7 Å². The maximum atomic E-state index is 11.0. The van der Waals surface area contributed by atoms with Crippen molar-refractivity contribution < 1.29 is 4.92 Å². The van der Waals surface area contributed by atoms with Crippen molar-refractivity contribution in [2.75, 3.05) is 11.1 Å². The lowest BCUT2D eigenvalue weighted by atomic mass is 10.1. The van der Waals surface area contributed by atoms with Crippen LogP contribution in [-0.4, -0.2) is 14.9 Å². The predicted molar refractivity (Wildman–Crippen MR) is 72.2 cm³/mol. The molecule has 0 aliphatic heterocycles. The van der Waals surface area contributed by atoms with E-state index in [0.29, 0.717) is 0 Å². The molecule has 0 saturated carbocycles. The van der Waals surface area contributed by atoms with Gasteiger partial charge in [-0.05, 0) is 24.1 Å². The lowest BCUT2D eigenvalue weighted by Gasteiger charge is -2.07. The molecule has 98 valence electrons. The van der Waals surface area contributed by atoms with Gasteiger partial charge >= 0.3 is 5.69 Å². The van der Waals surface area contributed by atoms with Gasteiger partial charge in [-0.1, -0.05) is 19.1 Å². The first kappa shape index (κ1) is 12.7. The quantitative estimate of drug-likeness (QED) is 0.644. The molecule has 1 aromatic carbocycles. The number of rotatable bonds is 4. The van der Waals surface area contributed by atoms with Crippen LogP contribution in [0.25, 0.3) is 0 Å². The van der Waals surface area contributed by atoms with E-state index in [4.69, 9.17) is 5.73 Å². The van der Waals surface area contributed by atoms with Crippen LogP contribution in [0.15, 0.2) is 30.6 Å². The number of benzene rings is 1. The largest absolute Gasteiger partial charge is 0.378 e. The summed E-state index contributed by atoms with van der Waals surface area (Å²) < 4.78 is 0. The van der Waals surface area contributed by atoms with Gasteiger partial charge in [0.15, 0.2) is 0 Å². The van der Waals surface area contributed by atoms with E-state index in [1.54, 1.807) is 6.07 Å². The summed E-state index contributed by atoms with van der Waals surface area (Å²) in [6.07, 6.45) is 2.07. The third-order valence-corrected chi connectivity index (χ3v) is 2.63. The van der Waals surface area contributed by atoms with Crippen molar-refractivity contribution in [3.63, 3.8) is 0 Å². The van der Waals surface area contributed by atoms with Crippen molar-refractivity contribution in [3.8, 4) is 0 Å². The summed E-state index contributed by atoms with van der Waals surface area (Å²) in [5.41, 5.74) is 7.03. The summed E-state index contributed by atoms with van der Waals surface area (Å²) in [4.78, 5) is 17.9. The average Bonchev–Trinajstić information content (AvgIpc) is 2.38. The summed E-state index contributed by atoms with van der Waals surface area (Å²) >= 11 is 0. The SMILES string of the molecule is CCc1cccc(Nc2ncnc(N)c2[N+](=O)[O-])c1. The molecule has 0 bridgehead atoms. The topological polar surface area (TPSA) is 107 Å². The highest BCUT2D eigenvalue weighted by Crippen LogP contribution is 2.29. The van der Waals surface area contributed by atoms with Gasteiger partial charge < -0.3 is 11.1 Å². The number of hydrogen-bond donors (Lipinski definition) is 2. The number of nitrogens with one attached hydrogen (secondary N) is 1. The number of aryl methyl sites for hydroxylation is 1. The lowest BCUT2D eigenvalue weighted by molar-refractivity contribution is -0.383. The fraction of sp³-hybridized carbons (Fsp3) is 0.167. The zero-order valence-electron chi connectivity index (χ0n) is 10.3. The molecular weight excluding hydrogens is 246 g/mol. The average molecular weight is 259 g/mol. The minimum Gasteiger partial charge on any atom is -0.378 e. The molecule has 2 aromatic rings. The van der Waals surface area contributed by atoms with Crippen molar-refractivity contribution in [1.29, 1.82) is 0 Å². The van der Waals surface area contributed by atoms with Crippen LogP contribution in [0, 0.1) is 10.1 Å². The molecular formula is C12H13N5O2. The van der Waals surface area contributed by atoms with E-state index in [9.17, 15) is 10.1 Å². The number of nitrogens with zero attached hydrogens (tertiary/aromatic N) is 3. The Morgan fingerprint density at radius 3 is 2.89 bits per heavy atom. The zero-order valence-corrected chi connectivity index (χ0v) is 10.3. The van der Waals surface area contributed by atoms with Crippen molar-refractivity contribution in [3.05, 3.63) is 46.3 Å². The Bertz CT molecular complexity index is 615. The van der Waals surface area contributed by atoms with Crippen molar-refractivity contribution in [1.82, 2.24) is 9.97 Å². The second kappa shape index (κ2) is 5.30. The van der Waals surface area contributed by atoms with Crippen LogP contribution in [0.4, 0.5) is 23.0 Å². The van der Waals surface area contributed by atoms with E-state index in [-0.39, 0.29) is 17.3 Å². The number of hydrogen-bond acceptors (Lipinski definition) is 6. The number of nitro groups is 1. The Kier molecular flexibility index (Phi) is 3.56. The van der Waals surface area contributed by atoms with Gasteiger partial charge in [-0.3, -0.25) is 10.1 Å². The lowest BCUT2D eigenvalue weighted by Crippen LogP contribution is -2.05. The fourth-order valence-electron chi connectivity index (χ4n) is 1.67. The number of nitrogen functional groups attached to an aromatic ring is 1. The molecule has 0 saturated heterocycles. The molecule has 0 spiro atoms. The summed E-state index contributed by atoms with van der Waals surface area (Å²) in [5.74, 6) is -0.0695. The Morgan fingerprint density at radius 1 is 1.42 bits per heavy atom. The fourth-order valence-corrected chi connectivity index (χ4v) is 1.67. The van der Waals surface area contributed by atoms with Gasteiger partial charge in [0.05, 0.1) is 4.92 Å². The Labute approximate surface area is 109 Å². The molecule has 19 heavy (non-hydrogen) atoms. The number of aromatic nitrogens is 2. The molecule has 3 N–H and O–H groups in total. The van der Waals surface area contributed by atoms with Gasteiger partial charge in [0, 0.05) is 5.69 Å². The standard InChI is InChI=1S/C12H13N5O2/c1-2-8-4-3-5-9(6-8)16-12-10(17(18)19)11(13)14-7-15-12/h3-7H,2H2,1H3,(H3,13,14,15,16). The molecule has 1 aromatic heterocycles. The van der Waals surface area contributed by atoms with Crippen molar-refractivity contribution in [2.24, 2.45) is 0 Å². The van der Waals surface area contributed by atoms with Gasteiger partial charge in [0.1, 0.15) is 6.33 Å². The van der Waals surface area contributed by atoms with Gasteiger partial charge in [0.2, 0.25) is 11.6 Å². The van der Waals surface area contributed by atoms with Crippen LogP contribution in [0.3, 0.4) is 0 Å². The maximum absolute atomic E-state index is 11.0. The first-order valence-electron chi connectivity index (χ1n) is 5.72. The van der Waals surface area contributed by atoms with Gasteiger partial charge in [-0.15, -0.1) is 0 Å².